The first-order valence-corrected chi connectivity index (χ1v) is 8.47. The topological polar surface area (TPSA) is 47.9 Å². The summed E-state index contributed by atoms with van der Waals surface area (Å²) in [6.45, 7) is 0.408. The van der Waals surface area contributed by atoms with Crippen LogP contribution in [0.2, 0.25) is 0 Å². The zero-order valence-electron chi connectivity index (χ0n) is 11.5. The van der Waals surface area contributed by atoms with Gasteiger partial charge in [0.1, 0.15) is 22.8 Å². The van der Waals surface area contributed by atoms with Crippen LogP contribution in [-0.2, 0) is 6.61 Å². The number of thiazole rings is 1. The fraction of sp³-hybridized carbons (Fsp3) is 0.0625. The quantitative estimate of drug-likeness (QED) is 0.558. The molecule has 0 saturated carbocycles. The highest BCUT2D eigenvalue weighted by atomic mass is 32.1. The second-order valence-corrected chi connectivity index (χ2v) is 6.37. The van der Waals surface area contributed by atoms with Crippen molar-refractivity contribution in [3.63, 3.8) is 0 Å². The van der Waals surface area contributed by atoms with Crippen LogP contribution in [-0.4, -0.2) is 15.0 Å². The molecular weight excluding hydrogens is 314 g/mol. The van der Waals surface area contributed by atoms with Crippen molar-refractivity contribution in [3.05, 3.63) is 59.2 Å². The van der Waals surface area contributed by atoms with Crippen LogP contribution in [0.15, 0.2) is 53.5 Å². The number of fused-ring (bicyclic) bond motifs is 1. The molecule has 0 fully saturated rings. The number of nitrogens with zero attached hydrogens (tertiary/aromatic N) is 3. The number of benzene rings is 1. The summed E-state index contributed by atoms with van der Waals surface area (Å²) >= 11 is 3.20. The van der Waals surface area contributed by atoms with Gasteiger partial charge in [-0.05, 0) is 11.4 Å². The Labute approximate surface area is 135 Å². The van der Waals surface area contributed by atoms with Crippen LogP contribution in [0.5, 0.6) is 5.88 Å². The molecule has 22 heavy (non-hydrogen) atoms. The van der Waals surface area contributed by atoms with Crippen molar-refractivity contribution in [1.82, 2.24) is 15.0 Å². The molecule has 0 aliphatic carbocycles. The fourth-order valence-corrected chi connectivity index (χ4v) is 3.65. The first-order chi connectivity index (χ1) is 10.9. The van der Waals surface area contributed by atoms with Crippen molar-refractivity contribution < 1.29 is 4.74 Å². The summed E-state index contributed by atoms with van der Waals surface area (Å²) in [4.78, 5) is 14.0. The van der Waals surface area contributed by atoms with Crippen LogP contribution >= 0.6 is 22.7 Å². The Morgan fingerprint density at radius 3 is 2.82 bits per heavy atom. The average Bonchev–Trinajstić information content (AvgIpc) is 3.23. The van der Waals surface area contributed by atoms with E-state index in [0.717, 1.165) is 26.5 Å². The number of rotatable bonds is 4. The smallest absolute Gasteiger partial charge is 0.225 e. The lowest BCUT2D eigenvalue weighted by Crippen LogP contribution is -1.98. The third kappa shape index (κ3) is 2.58. The third-order valence-electron chi connectivity index (χ3n) is 3.15. The van der Waals surface area contributed by atoms with E-state index in [9.17, 15) is 0 Å². The molecule has 108 valence electrons. The molecule has 0 amide bonds. The van der Waals surface area contributed by atoms with Crippen molar-refractivity contribution in [2.75, 3.05) is 0 Å². The van der Waals surface area contributed by atoms with Crippen molar-refractivity contribution >= 4 is 32.9 Å². The Balaban J connectivity index is 1.53. The van der Waals surface area contributed by atoms with Crippen LogP contribution in [0.1, 0.15) is 5.69 Å². The number of thiophene rings is 1. The number of hydrogen-bond acceptors (Lipinski definition) is 6. The van der Waals surface area contributed by atoms with Gasteiger partial charge in [-0.15, -0.1) is 22.7 Å². The van der Waals surface area contributed by atoms with E-state index < -0.39 is 0 Å². The van der Waals surface area contributed by atoms with E-state index in [1.54, 1.807) is 22.7 Å². The predicted molar refractivity (Wildman–Crippen MR) is 89.3 cm³/mol. The highest BCUT2D eigenvalue weighted by Gasteiger charge is 2.08. The maximum Gasteiger partial charge on any atom is 0.225 e. The molecule has 6 heteroatoms. The van der Waals surface area contributed by atoms with Gasteiger partial charge < -0.3 is 4.74 Å². The van der Waals surface area contributed by atoms with Crippen molar-refractivity contribution in [2.45, 2.75) is 6.61 Å². The predicted octanol–water partition coefficient (Wildman–Crippen LogP) is 4.39. The lowest BCUT2D eigenvalue weighted by Gasteiger charge is -2.03. The van der Waals surface area contributed by atoms with Crippen molar-refractivity contribution in [2.24, 2.45) is 0 Å². The van der Waals surface area contributed by atoms with Crippen LogP contribution in [0, 0.1) is 0 Å². The van der Waals surface area contributed by atoms with Gasteiger partial charge in [0.15, 0.2) is 0 Å². The highest BCUT2D eigenvalue weighted by molar-refractivity contribution is 7.16. The molecule has 4 aromatic rings. The molecule has 3 aromatic heterocycles. The Kier molecular flexibility index (Phi) is 3.54. The Bertz CT molecular complexity index is 902. The molecule has 0 aliphatic rings. The molecule has 0 saturated heterocycles. The fourth-order valence-electron chi connectivity index (χ4n) is 2.11. The van der Waals surface area contributed by atoms with Crippen LogP contribution < -0.4 is 4.74 Å². The molecule has 0 radical (unpaired) electrons. The van der Waals surface area contributed by atoms with E-state index in [-0.39, 0.29) is 0 Å². The maximum absolute atomic E-state index is 5.81. The molecule has 4 nitrogen and oxygen atoms in total. The van der Waals surface area contributed by atoms with Gasteiger partial charge in [-0.3, -0.25) is 0 Å². The van der Waals surface area contributed by atoms with Gasteiger partial charge in [-0.2, -0.15) is 0 Å². The normalized spacial score (nSPS) is 10.9. The molecule has 1 aromatic carbocycles. The van der Waals surface area contributed by atoms with E-state index in [4.69, 9.17) is 4.74 Å². The van der Waals surface area contributed by atoms with E-state index in [1.807, 2.05) is 35.0 Å². The zero-order chi connectivity index (χ0) is 14.8. The zero-order valence-corrected chi connectivity index (χ0v) is 13.1. The summed E-state index contributed by atoms with van der Waals surface area (Å²) < 4.78 is 5.81. The van der Waals surface area contributed by atoms with Gasteiger partial charge in [0.25, 0.3) is 0 Å². The van der Waals surface area contributed by atoms with Gasteiger partial charge >= 0.3 is 0 Å². The van der Waals surface area contributed by atoms with Crippen molar-refractivity contribution in [1.29, 1.82) is 0 Å². The average molecular weight is 325 g/mol. The third-order valence-corrected chi connectivity index (χ3v) is 4.92. The van der Waals surface area contributed by atoms with E-state index in [0.29, 0.717) is 12.5 Å². The lowest BCUT2D eigenvalue weighted by atomic mass is 10.2. The summed E-state index contributed by atoms with van der Waals surface area (Å²) in [7, 11) is 0. The van der Waals surface area contributed by atoms with Gasteiger partial charge in [-0.25, -0.2) is 15.0 Å². The lowest BCUT2D eigenvalue weighted by molar-refractivity contribution is 0.294. The van der Waals surface area contributed by atoms with Crippen molar-refractivity contribution in [3.8, 4) is 16.5 Å². The molecule has 3 heterocycles. The summed E-state index contributed by atoms with van der Waals surface area (Å²) in [5.41, 5.74) is 2.03. The largest absolute Gasteiger partial charge is 0.471 e. The molecule has 0 aliphatic heterocycles. The Morgan fingerprint density at radius 2 is 1.91 bits per heavy atom. The van der Waals surface area contributed by atoms with Crippen LogP contribution in [0.25, 0.3) is 20.8 Å². The number of ether oxygens (including phenoxy) is 1. The summed E-state index contributed by atoms with van der Waals surface area (Å²) in [5.74, 6) is 0.612. The Hall–Kier alpha value is -2.31. The molecule has 0 bridgehead atoms. The first-order valence-electron chi connectivity index (χ1n) is 6.71. The van der Waals surface area contributed by atoms with E-state index in [1.165, 1.54) is 6.33 Å². The molecular formula is C16H11N3OS2. The molecule has 0 unspecified atom stereocenters. The highest BCUT2D eigenvalue weighted by Crippen LogP contribution is 2.27. The van der Waals surface area contributed by atoms with Gasteiger partial charge in [0.2, 0.25) is 5.88 Å². The molecule has 0 N–H and O–H groups in total. The minimum atomic E-state index is 0.408. The Morgan fingerprint density at radius 1 is 1.00 bits per heavy atom. The molecule has 4 rings (SSSR count). The maximum atomic E-state index is 5.81. The summed E-state index contributed by atoms with van der Waals surface area (Å²) in [6, 6.07) is 12.1. The van der Waals surface area contributed by atoms with Gasteiger partial charge in [-0.1, -0.05) is 30.3 Å². The van der Waals surface area contributed by atoms with Gasteiger partial charge in [0, 0.05) is 10.9 Å². The SMILES string of the molecule is c1ccc(-c2nc(COc3ncnc4sccc34)cs2)cc1. The second-order valence-electron chi connectivity index (χ2n) is 4.62. The minimum Gasteiger partial charge on any atom is -0.471 e. The van der Waals surface area contributed by atoms with E-state index in [2.05, 4.69) is 27.1 Å². The van der Waals surface area contributed by atoms with E-state index >= 15 is 0 Å². The second kappa shape index (κ2) is 5.82. The minimum absolute atomic E-state index is 0.408. The monoisotopic (exact) mass is 325 g/mol. The summed E-state index contributed by atoms with van der Waals surface area (Å²) in [6.07, 6.45) is 1.53. The van der Waals surface area contributed by atoms with Gasteiger partial charge in [0.05, 0.1) is 11.1 Å². The van der Waals surface area contributed by atoms with Crippen LogP contribution in [0.4, 0.5) is 0 Å². The number of hydrogen-bond donors (Lipinski definition) is 0. The van der Waals surface area contributed by atoms with Crippen LogP contribution in [0.3, 0.4) is 0 Å². The standard InChI is InChI=1S/C16H11N3OS2/c1-2-4-11(5-3-1)15-19-12(9-22-15)8-20-14-13-6-7-21-16(13)18-10-17-14/h1-7,9-10H,8H2. The number of aromatic nitrogens is 3. The molecule has 0 spiro atoms. The summed E-state index contributed by atoms with van der Waals surface area (Å²) in [5, 5.41) is 5.96. The first kappa shape index (κ1) is 13.4. The molecule has 0 atom stereocenters.